The van der Waals surface area contributed by atoms with E-state index >= 15 is 0 Å². The van der Waals surface area contributed by atoms with Gasteiger partial charge in [0.25, 0.3) is 0 Å². The average molecular weight is 403 g/mol. The van der Waals surface area contributed by atoms with E-state index in [1.165, 1.54) is 40.1 Å². The van der Waals surface area contributed by atoms with Gasteiger partial charge in [0.1, 0.15) is 5.75 Å². The molecule has 154 valence electrons. The fraction of sp³-hybridized carbons (Fsp3) is 0.250. The van der Waals surface area contributed by atoms with E-state index in [9.17, 15) is 9.90 Å². The van der Waals surface area contributed by atoms with E-state index in [1.807, 2.05) is 6.07 Å². The van der Waals surface area contributed by atoms with E-state index in [2.05, 4.69) is 59.5 Å². The van der Waals surface area contributed by atoms with Gasteiger partial charge in [0.05, 0.1) is 30.6 Å². The summed E-state index contributed by atoms with van der Waals surface area (Å²) in [6, 6.07) is 14.4. The van der Waals surface area contributed by atoms with Gasteiger partial charge in [-0.05, 0) is 66.1 Å². The Labute approximate surface area is 176 Å². The molecule has 3 aromatic rings. The zero-order valence-electron chi connectivity index (χ0n) is 17.3. The van der Waals surface area contributed by atoms with Crippen molar-refractivity contribution in [2.75, 3.05) is 26.0 Å². The Hall–Kier alpha value is -3.38. The number of hydrogen-bond acceptors (Lipinski definition) is 5. The predicted molar refractivity (Wildman–Crippen MR) is 117 cm³/mol. The lowest BCUT2D eigenvalue weighted by atomic mass is 9.95. The van der Waals surface area contributed by atoms with Gasteiger partial charge < -0.3 is 15.2 Å². The van der Waals surface area contributed by atoms with Crippen LogP contribution in [0.3, 0.4) is 0 Å². The number of fused-ring (bicyclic) bond motifs is 1. The van der Waals surface area contributed by atoms with Crippen molar-refractivity contribution in [1.82, 2.24) is 9.88 Å². The molecule has 2 heterocycles. The Morgan fingerprint density at radius 2 is 2.10 bits per heavy atom. The average Bonchev–Trinajstić information content (AvgIpc) is 3.06. The number of methoxy groups -OCH3 is 1. The van der Waals surface area contributed by atoms with Crippen molar-refractivity contribution in [1.29, 1.82) is 0 Å². The molecule has 0 saturated heterocycles. The van der Waals surface area contributed by atoms with E-state index < -0.39 is 5.97 Å². The van der Waals surface area contributed by atoms with Crippen LogP contribution >= 0.6 is 0 Å². The summed E-state index contributed by atoms with van der Waals surface area (Å²) >= 11 is 0. The largest absolute Gasteiger partial charge is 0.497 e. The van der Waals surface area contributed by atoms with E-state index in [4.69, 9.17) is 4.74 Å². The molecule has 0 bridgehead atoms. The summed E-state index contributed by atoms with van der Waals surface area (Å²) in [6.45, 7) is 3.55. The Morgan fingerprint density at radius 1 is 1.27 bits per heavy atom. The van der Waals surface area contributed by atoms with Gasteiger partial charge in [0.15, 0.2) is 0 Å². The molecule has 1 aliphatic heterocycles. The predicted octanol–water partition coefficient (Wildman–Crippen LogP) is 4.36. The zero-order valence-corrected chi connectivity index (χ0v) is 17.3. The number of likely N-dealkylation sites (N-methyl/N-ethyl adjacent to an activating group) is 1. The second-order valence-corrected chi connectivity index (χ2v) is 7.63. The molecule has 0 aliphatic carbocycles. The van der Waals surface area contributed by atoms with Crippen molar-refractivity contribution < 1.29 is 14.6 Å². The third-order valence-electron chi connectivity index (χ3n) is 5.74. The number of carbonyl (C=O) groups is 1. The lowest BCUT2D eigenvalue weighted by Gasteiger charge is -2.22. The van der Waals surface area contributed by atoms with Crippen molar-refractivity contribution in [2.24, 2.45) is 0 Å². The summed E-state index contributed by atoms with van der Waals surface area (Å²) in [5.41, 5.74) is 6.90. The highest BCUT2D eigenvalue weighted by atomic mass is 16.5. The summed E-state index contributed by atoms with van der Waals surface area (Å²) < 4.78 is 5.32. The molecule has 0 fully saturated rings. The third-order valence-corrected chi connectivity index (χ3v) is 5.74. The zero-order chi connectivity index (χ0) is 21.3. The maximum Gasteiger partial charge on any atom is 0.337 e. The number of pyridine rings is 1. The fourth-order valence-electron chi connectivity index (χ4n) is 4.13. The van der Waals surface area contributed by atoms with Crippen LogP contribution in [0.15, 0.2) is 54.9 Å². The summed E-state index contributed by atoms with van der Waals surface area (Å²) in [4.78, 5) is 17.8. The number of aromatic nitrogens is 1. The molecule has 30 heavy (non-hydrogen) atoms. The smallest absolute Gasteiger partial charge is 0.337 e. The van der Waals surface area contributed by atoms with E-state index in [-0.39, 0.29) is 11.6 Å². The van der Waals surface area contributed by atoms with Gasteiger partial charge >= 0.3 is 5.97 Å². The summed E-state index contributed by atoms with van der Waals surface area (Å²) in [5, 5.41) is 12.7. The highest BCUT2D eigenvalue weighted by Crippen LogP contribution is 2.36. The molecule has 1 aliphatic rings. The molecule has 0 amide bonds. The van der Waals surface area contributed by atoms with Crippen LogP contribution in [0.5, 0.6) is 5.75 Å². The lowest BCUT2D eigenvalue weighted by molar-refractivity contribution is 0.0697. The van der Waals surface area contributed by atoms with E-state index in [0.717, 1.165) is 12.3 Å². The minimum Gasteiger partial charge on any atom is -0.497 e. The van der Waals surface area contributed by atoms with Crippen molar-refractivity contribution in [3.8, 4) is 16.9 Å². The molecule has 0 saturated carbocycles. The molecule has 4 rings (SSSR count). The summed E-state index contributed by atoms with van der Waals surface area (Å²) in [6.07, 6.45) is 3.06. The standard InChI is InChI=1S/C24H25N3O3/c1-15-10-18(30-3)5-7-19(15)16-4-6-20-17(11-16)14-27(2)23(20)13-26-22-12-25-9-8-21(22)24(28)29/h4-12,23,26H,13-14H2,1-3H3,(H,28,29)/t23-/m1/s1. The maximum atomic E-state index is 11.4. The van der Waals surface area contributed by atoms with Gasteiger partial charge in [-0.2, -0.15) is 0 Å². The first-order valence-corrected chi connectivity index (χ1v) is 9.87. The Bertz CT molecular complexity index is 1100. The van der Waals surface area contributed by atoms with Crippen LogP contribution in [-0.2, 0) is 6.54 Å². The molecular weight excluding hydrogens is 378 g/mol. The molecule has 6 heteroatoms. The highest BCUT2D eigenvalue weighted by molar-refractivity contribution is 5.93. The number of ether oxygens (including phenoxy) is 1. The van der Waals surface area contributed by atoms with Gasteiger partial charge in [0, 0.05) is 19.3 Å². The van der Waals surface area contributed by atoms with Crippen molar-refractivity contribution in [3.63, 3.8) is 0 Å². The van der Waals surface area contributed by atoms with Crippen molar-refractivity contribution in [3.05, 3.63) is 77.1 Å². The van der Waals surface area contributed by atoms with E-state index in [0.29, 0.717) is 12.2 Å². The number of aromatic carboxylic acids is 1. The molecule has 0 spiro atoms. The molecule has 2 N–H and O–H groups in total. The first-order valence-electron chi connectivity index (χ1n) is 9.87. The molecule has 1 atom stereocenters. The van der Waals surface area contributed by atoms with Crippen LogP contribution in [0.1, 0.15) is 33.1 Å². The fourth-order valence-corrected chi connectivity index (χ4v) is 4.13. The second-order valence-electron chi connectivity index (χ2n) is 7.63. The molecule has 1 aromatic heterocycles. The topological polar surface area (TPSA) is 74.7 Å². The van der Waals surface area contributed by atoms with Crippen LogP contribution in [0, 0.1) is 6.92 Å². The monoisotopic (exact) mass is 403 g/mol. The second kappa shape index (κ2) is 8.16. The number of carboxylic acids is 1. The molecule has 2 aromatic carbocycles. The molecule has 0 unspecified atom stereocenters. The summed E-state index contributed by atoms with van der Waals surface area (Å²) in [7, 11) is 3.77. The minimum absolute atomic E-state index is 0.160. The number of anilines is 1. The molecule has 6 nitrogen and oxygen atoms in total. The number of benzene rings is 2. The summed E-state index contributed by atoms with van der Waals surface area (Å²) in [5.74, 6) is -0.0982. The lowest BCUT2D eigenvalue weighted by Crippen LogP contribution is -2.24. The van der Waals surface area contributed by atoms with Crippen LogP contribution < -0.4 is 10.1 Å². The van der Waals surface area contributed by atoms with E-state index in [1.54, 1.807) is 13.3 Å². The van der Waals surface area contributed by atoms with Gasteiger partial charge in [0.2, 0.25) is 0 Å². The number of nitrogens with one attached hydrogen (secondary N) is 1. The number of nitrogens with zero attached hydrogens (tertiary/aromatic N) is 2. The maximum absolute atomic E-state index is 11.4. The first-order chi connectivity index (χ1) is 14.5. The minimum atomic E-state index is -0.959. The first kappa shape index (κ1) is 19.9. The highest BCUT2D eigenvalue weighted by Gasteiger charge is 2.28. The van der Waals surface area contributed by atoms with Crippen LogP contribution in [-0.4, -0.2) is 41.7 Å². The van der Waals surface area contributed by atoms with Gasteiger partial charge in [-0.25, -0.2) is 4.79 Å². The third kappa shape index (κ3) is 3.74. The van der Waals surface area contributed by atoms with Gasteiger partial charge in [-0.15, -0.1) is 0 Å². The Morgan fingerprint density at radius 3 is 2.83 bits per heavy atom. The number of hydrogen-bond donors (Lipinski definition) is 2. The Balaban J connectivity index is 1.57. The SMILES string of the molecule is COc1ccc(-c2ccc3c(c2)CN(C)[C@@H]3CNc2cnccc2C(=O)O)c(C)c1. The van der Waals surface area contributed by atoms with Crippen LogP contribution in [0.4, 0.5) is 5.69 Å². The van der Waals surface area contributed by atoms with Crippen molar-refractivity contribution >= 4 is 11.7 Å². The Kier molecular flexibility index (Phi) is 5.42. The molecule has 0 radical (unpaired) electrons. The van der Waals surface area contributed by atoms with Gasteiger partial charge in [-0.3, -0.25) is 9.88 Å². The van der Waals surface area contributed by atoms with Gasteiger partial charge in [-0.1, -0.05) is 18.2 Å². The number of aryl methyl sites for hydroxylation is 1. The van der Waals surface area contributed by atoms with Crippen molar-refractivity contribution in [2.45, 2.75) is 19.5 Å². The quantitative estimate of drug-likeness (QED) is 0.637. The van der Waals surface area contributed by atoms with Crippen LogP contribution in [0.25, 0.3) is 11.1 Å². The normalized spacial score (nSPS) is 15.6. The van der Waals surface area contributed by atoms with Crippen LogP contribution in [0.2, 0.25) is 0 Å². The number of rotatable bonds is 6. The molecular formula is C24H25N3O3. The number of carboxylic acid groups (broad SMARTS) is 1.